The van der Waals surface area contributed by atoms with Crippen molar-refractivity contribution in [3.63, 3.8) is 0 Å². The van der Waals surface area contributed by atoms with E-state index in [-0.39, 0.29) is 0 Å². The normalized spacial score (nSPS) is 21.1. The van der Waals surface area contributed by atoms with Crippen LogP contribution in [-0.4, -0.2) is 40.7 Å². The van der Waals surface area contributed by atoms with Crippen LogP contribution in [0.15, 0.2) is 12.4 Å². The zero-order valence-corrected chi connectivity index (χ0v) is 9.73. The van der Waals surface area contributed by atoms with Gasteiger partial charge in [0.1, 0.15) is 0 Å². The van der Waals surface area contributed by atoms with E-state index in [0.29, 0.717) is 6.04 Å². The summed E-state index contributed by atoms with van der Waals surface area (Å²) in [6.45, 7) is 4.28. The Hall–Kier alpha value is -0.940. The highest BCUT2D eigenvalue weighted by Gasteiger charge is 2.10. The smallest absolute Gasteiger partial charge is 0.0692 e. The van der Waals surface area contributed by atoms with Crippen LogP contribution >= 0.6 is 0 Å². The highest BCUT2D eigenvalue weighted by Crippen LogP contribution is 2.05. The lowest BCUT2D eigenvalue weighted by Crippen LogP contribution is -2.42. The molecule has 5 nitrogen and oxygen atoms in total. The van der Waals surface area contributed by atoms with Crippen LogP contribution in [0, 0.1) is 0 Å². The van der Waals surface area contributed by atoms with E-state index in [1.165, 1.54) is 25.8 Å². The molecule has 1 aliphatic rings. The molecule has 2 heterocycles. The van der Waals surface area contributed by atoms with Gasteiger partial charge in [0.15, 0.2) is 0 Å². The van der Waals surface area contributed by atoms with Crippen LogP contribution in [0.25, 0.3) is 0 Å². The molecule has 2 rings (SSSR count). The summed E-state index contributed by atoms with van der Waals surface area (Å²) in [4.78, 5) is 0. The highest BCUT2D eigenvalue weighted by atomic mass is 15.4. The second kappa shape index (κ2) is 6.60. The van der Waals surface area contributed by atoms with Crippen molar-refractivity contribution in [2.75, 3.05) is 19.6 Å². The Balaban J connectivity index is 1.48. The maximum absolute atomic E-state index is 3.93. The van der Waals surface area contributed by atoms with E-state index in [1.807, 2.05) is 10.9 Å². The fourth-order valence-corrected chi connectivity index (χ4v) is 2.09. The monoisotopic (exact) mass is 223 g/mol. The van der Waals surface area contributed by atoms with Crippen LogP contribution in [0.5, 0.6) is 0 Å². The molecular formula is C11H21N5. The van der Waals surface area contributed by atoms with Crippen LogP contribution in [0.4, 0.5) is 0 Å². The first kappa shape index (κ1) is 11.5. The summed E-state index contributed by atoms with van der Waals surface area (Å²) >= 11 is 0. The SMILES string of the molecule is c1cn(CCCNCC2CCCCN2)nn1. The van der Waals surface area contributed by atoms with E-state index in [1.54, 1.807) is 6.20 Å². The summed E-state index contributed by atoms with van der Waals surface area (Å²) in [6.07, 6.45) is 8.76. The first-order valence-corrected chi connectivity index (χ1v) is 6.23. The minimum absolute atomic E-state index is 0.681. The largest absolute Gasteiger partial charge is 0.315 e. The summed E-state index contributed by atoms with van der Waals surface area (Å²) in [6, 6.07) is 0.681. The molecule has 90 valence electrons. The van der Waals surface area contributed by atoms with Crippen molar-refractivity contribution < 1.29 is 0 Å². The number of piperidine rings is 1. The molecule has 1 aromatic rings. The van der Waals surface area contributed by atoms with Gasteiger partial charge in [-0.15, -0.1) is 5.10 Å². The van der Waals surface area contributed by atoms with Gasteiger partial charge in [-0.1, -0.05) is 11.6 Å². The summed E-state index contributed by atoms with van der Waals surface area (Å²) < 4.78 is 1.88. The number of hydrogen-bond donors (Lipinski definition) is 2. The third-order valence-electron chi connectivity index (χ3n) is 3.02. The third-order valence-corrected chi connectivity index (χ3v) is 3.02. The maximum Gasteiger partial charge on any atom is 0.0692 e. The van der Waals surface area contributed by atoms with Gasteiger partial charge in [-0.05, 0) is 32.4 Å². The van der Waals surface area contributed by atoms with Crippen LogP contribution in [0.1, 0.15) is 25.7 Å². The molecule has 0 aliphatic carbocycles. The molecule has 1 saturated heterocycles. The van der Waals surface area contributed by atoms with Gasteiger partial charge in [0.25, 0.3) is 0 Å². The lowest BCUT2D eigenvalue weighted by atomic mass is 10.1. The van der Waals surface area contributed by atoms with E-state index >= 15 is 0 Å². The van der Waals surface area contributed by atoms with Gasteiger partial charge in [-0.3, -0.25) is 4.68 Å². The molecule has 0 bridgehead atoms. The maximum atomic E-state index is 3.93. The summed E-state index contributed by atoms with van der Waals surface area (Å²) in [7, 11) is 0. The number of nitrogens with zero attached hydrogens (tertiary/aromatic N) is 3. The second-order valence-electron chi connectivity index (χ2n) is 4.37. The number of aryl methyl sites for hydroxylation is 1. The molecule has 0 aromatic carbocycles. The second-order valence-corrected chi connectivity index (χ2v) is 4.37. The van der Waals surface area contributed by atoms with Crippen LogP contribution in [0.2, 0.25) is 0 Å². The van der Waals surface area contributed by atoms with Crippen LogP contribution in [0.3, 0.4) is 0 Å². The van der Waals surface area contributed by atoms with Gasteiger partial charge in [-0.2, -0.15) is 0 Å². The number of hydrogen-bond acceptors (Lipinski definition) is 4. The third kappa shape index (κ3) is 3.90. The van der Waals surface area contributed by atoms with Crippen molar-refractivity contribution in [2.24, 2.45) is 0 Å². The predicted octanol–water partition coefficient (Wildman–Crippen LogP) is 0.400. The minimum atomic E-state index is 0.681. The Kier molecular flexibility index (Phi) is 4.76. The fourth-order valence-electron chi connectivity index (χ4n) is 2.09. The molecule has 2 N–H and O–H groups in total. The number of aromatic nitrogens is 3. The first-order chi connectivity index (χ1) is 7.95. The first-order valence-electron chi connectivity index (χ1n) is 6.23. The molecule has 1 atom stereocenters. The van der Waals surface area contributed by atoms with E-state index in [4.69, 9.17) is 0 Å². The van der Waals surface area contributed by atoms with Crippen molar-refractivity contribution >= 4 is 0 Å². The molecule has 1 unspecified atom stereocenters. The van der Waals surface area contributed by atoms with Gasteiger partial charge >= 0.3 is 0 Å². The van der Waals surface area contributed by atoms with Crippen LogP contribution < -0.4 is 10.6 Å². The van der Waals surface area contributed by atoms with Gasteiger partial charge in [0.2, 0.25) is 0 Å². The molecule has 1 aromatic heterocycles. The van der Waals surface area contributed by atoms with Crippen molar-refractivity contribution in [3.8, 4) is 0 Å². The van der Waals surface area contributed by atoms with E-state index in [2.05, 4.69) is 20.9 Å². The average molecular weight is 223 g/mol. The van der Waals surface area contributed by atoms with Crippen molar-refractivity contribution in [2.45, 2.75) is 38.3 Å². The van der Waals surface area contributed by atoms with Crippen LogP contribution in [-0.2, 0) is 6.54 Å². The Morgan fingerprint density at radius 2 is 2.44 bits per heavy atom. The van der Waals surface area contributed by atoms with Gasteiger partial charge < -0.3 is 10.6 Å². The predicted molar refractivity (Wildman–Crippen MR) is 63.2 cm³/mol. The quantitative estimate of drug-likeness (QED) is 0.685. The Labute approximate surface area is 96.6 Å². The molecule has 0 saturated carbocycles. The van der Waals surface area contributed by atoms with Gasteiger partial charge in [0, 0.05) is 25.3 Å². The molecule has 0 spiro atoms. The molecule has 1 aliphatic heterocycles. The van der Waals surface area contributed by atoms with Gasteiger partial charge in [-0.25, -0.2) is 0 Å². The molecule has 5 heteroatoms. The molecule has 16 heavy (non-hydrogen) atoms. The Morgan fingerprint density at radius 3 is 3.19 bits per heavy atom. The topological polar surface area (TPSA) is 54.8 Å². The standard InChI is InChI=1S/C11H21N5/c1-2-6-13-11(4-1)10-12-5-3-8-16-9-7-14-15-16/h7,9,11-13H,1-6,8,10H2. The van der Waals surface area contributed by atoms with Crippen molar-refractivity contribution in [1.82, 2.24) is 25.6 Å². The Bertz CT molecular complexity index is 266. The number of nitrogens with one attached hydrogen (secondary N) is 2. The minimum Gasteiger partial charge on any atom is -0.315 e. The molecule has 0 amide bonds. The lowest BCUT2D eigenvalue weighted by molar-refractivity contribution is 0.380. The summed E-state index contributed by atoms with van der Waals surface area (Å²) in [5, 5.41) is 14.7. The number of rotatable bonds is 6. The van der Waals surface area contributed by atoms with Crippen molar-refractivity contribution in [1.29, 1.82) is 0 Å². The Morgan fingerprint density at radius 1 is 1.44 bits per heavy atom. The molecular weight excluding hydrogens is 202 g/mol. The van der Waals surface area contributed by atoms with Gasteiger partial charge in [0.05, 0.1) is 6.20 Å². The lowest BCUT2D eigenvalue weighted by Gasteiger charge is -2.23. The average Bonchev–Trinajstić information content (AvgIpc) is 2.83. The van der Waals surface area contributed by atoms with E-state index in [0.717, 1.165) is 26.1 Å². The van der Waals surface area contributed by atoms with E-state index < -0.39 is 0 Å². The molecule has 0 radical (unpaired) electrons. The fraction of sp³-hybridized carbons (Fsp3) is 0.818. The molecule has 1 fully saturated rings. The highest BCUT2D eigenvalue weighted by molar-refractivity contribution is 4.74. The van der Waals surface area contributed by atoms with Crippen molar-refractivity contribution in [3.05, 3.63) is 12.4 Å². The summed E-state index contributed by atoms with van der Waals surface area (Å²) in [5.41, 5.74) is 0. The summed E-state index contributed by atoms with van der Waals surface area (Å²) in [5.74, 6) is 0. The zero-order chi connectivity index (χ0) is 11.1. The zero-order valence-electron chi connectivity index (χ0n) is 9.73. The van der Waals surface area contributed by atoms with E-state index in [9.17, 15) is 0 Å².